The second kappa shape index (κ2) is 13.2. The minimum Gasteiger partial charge on any atom is -0.377 e. The lowest BCUT2D eigenvalue weighted by molar-refractivity contribution is 0.122. The number of rotatable bonds is 15. The average molecular weight is 368 g/mol. The van der Waals surface area contributed by atoms with Crippen LogP contribution in [0.15, 0.2) is 4.99 Å². The first-order valence-corrected chi connectivity index (χ1v) is 11.7. The smallest absolute Gasteiger partial charge is 0.377 e. The van der Waals surface area contributed by atoms with Gasteiger partial charge in [-0.2, -0.15) is 0 Å². The Bertz CT molecular complexity index is 295. The number of hydrogen-bond acceptors (Lipinski definition) is 7. The van der Waals surface area contributed by atoms with Gasteiger partial charge >= 0.3 is 17.6 Å². The van der Waals surface area contributed by atoms with Crippen LogP contribution in [0.4, 0.5) is 0 Å². The van der Waals surface area contributed by atoms with Crippen LogP contribution in [0.5, 0.6) is 0 Å². The van der Waals surface area contributed by atoms with E-state index in [9.17, 15) is 0 Å². The van der Waals surface area contributed by atoms with Crippen molar-refractivity contribution < 1.29 is 26.6 Å². The maximum atomic E-state index is 5.40. The van der Waals surface area contributed by atoms with Gasteiger partial charge in [-0.15, -0.1) is 0 Å². The van der Waals surface area contributed by atoms with Crippen LogP contribution >= 0.6 is 0 Å². The number of hydrogen-bond donors (Lipinski definition) is 0. The van der Waals surface area contributed by atoms with E-state index in [2.05, 4.69) is 4.99 Å². The normalized spacial score (nSPS) is 13.1. The van der Waals surface area contributed by atoms with E-state index < -0.39 is 17.6 Å². The minimum atomic E-state index is -2.52. The molecule has 23 heavy (non-hydrogen) atoms. The molecule has 0 N–H and O–H groups in total. The van der Waals surface area contributed by atoms with Crippen molar-refractivity contribution in [1.82, 2.24) is 0 Å². The third kappa shape index (κ3) is 8.50. The Balaban J connectivity index is 3.79. The number of unbranched alkanes of at least 4 members (excludes halogenated alkanes) is 3. The third-order valence-electron chi connectivity index (χ3n) is 3.86. The fourth-order valence-corrected chi connectivity index (χ4v) is 5.37. The first-order chi connectivity index (χ1) is 11.1. The van der Waals surface area contributed by atoms with Crippen LogP contribution < -0.4 is 0 Å². The summed E-state index contributed by atoms with van der Waals surface area (Å²) in [5.74, 6) is 0. The van der Waals surface area contributed by atoms with Crippen molar-refractivity contribution in [2.45, 2.75) is 37.8 Å². The lowest BCUT2D eigenvalue weighted by Gasteiger charge is -2.24. The van der Waals surface area contributed by atoms with Gasteiger partial charge < -0.3 is 26.6 Å². The highest BCUT2D eigenvalue weighted by Gasteiger charge is 2.37. The molecular weight excluding hydrogens is 334 g/mol. The summed E-state index contributed by atoms with van der Waals surface area (Å²) in [6, 6.07) is 1.45. The fraction of sp³-hybridized carbons (Fsp3) is 0.929. The molecular formula is C14H33NO6Si2. The highest BCUT2D eigenvalue weighted by atomic mass is 28.4. The van der Waals surface area contributed by atoms with Crippen LogP contribution in [0.3, 0.4) is 0 Å². The van der Waals surface area contributed by atoms with E-state index in [1.54, 1.807) is 42.7 Å². The van der Waals surface area contributed by atoms with E-state index in [0.717, 1.165) is 38.3 Å². The number of aliphatic imine (C=N–C) groups is 1. The summed E-state index contributed by atoms with van der Waals surface area (Å²) >= 11 is 0. The van der Waals surface area contributed by atoms with Crippen LogP contribution in [-0.4, -0.2) is 73.0 Å². The summed E-state index contributed by atoms with van der Waals surface area (Å²) in [6.07, 6.45) is 6.19. The van der Waals surface area contributed by atoms with Gasteiger partial charge in [0.15, 0.2) is 0 Å². The van der Waals surface area contributed by atoms with E-state index >= 15 is 0 Å². The summed E-state index contributed by atoms with van der Waals surface area (Å²) in [6.45, 7) is 0.809. The Hall–Kier alpha value is -0.136. The molecule has 7 nitrogen and oxygen atoms in total. The SMILES string of the molecule is CO[Si](CC=NCCCCCC[Si](OC)(OC)OC)(OC)OC. The summed E-state index contributed by atoms with van der Waals surface area (Å²) in [5.41, 5.74) is 0. The Morgan fingerprint density at radius 2 is 1.13 bits per heavy atom. The Morgan fingerprint density at radius 1 is 0.652 bits per heavy atom. The maximum absolute atomic E-state index is 5.40. The molecule has 0 rings (SSSR count). The van der Waals surface area contributed by atoms with Crippen LogP contribution in [0.2, 0.25) is 12.1 Å². The van der Waals surface area contributed by atoms with E-state index in [1.165, 1.54) is 0 Å². The van der Waals surface area contributed by atoms with E-state index in [4.69, 9.17) is 26.6 Å². The molecule has 0 bridgehead atoms. The maximum Gasteiger partial charge on any atom is 0.505 e. The van der Waals surface area contributed by atoms with Crippen molar-refractivity contribution in [3.05, 3.63) is 0 Å². The van der Waals surface area contributed by atoms with Crippen molar-refractivity contribution in [2.75, 3.05) is 49.2 Å². The van der Waals surface area contributed by atoms with Crippen molar-refractivity contribution in [3.8, 4) is 0 Å². The molecule has 9 heteroatoms. The third-order valence-corrected chi connectivity index (χ3v) is 9.24. The molecule has 0 amide bonds. The zero-order valence-electron chi connectivity index (χ0n) is 15.4. The van der Waals surface area contributed by atoms with Gasteiger partial charge in [0.1, 0.15) is 0 Å². The molecule has 0 aromatic rings. The molecule has 0 aliphatic carbocycles. The Morgan fingerprint density at radius 3 is 1.61 bits per heavy atom. The van der Waals surface area contributed by atoms with Crippen LogP contribution in [-0.2, 0) is 26.6 Å². The largest absolute Gasteiger partial charge is 0.505 e. The molecule has 0 aliphatic heterocycles. The molecule has 0 aromatic carbocycles. The summed E-state index contributed by atoms with van der Waals surface area (Å²) in [4.78, 5) is 4.40. The Kier molecular flexibility index (Phi) is 13.1. The fourth-order valence-electron chi connectivity index (χ4n) is 2.22. The van der Waals surface area contributed by atoms with Gasteiger partial charge in [-0.05, 0) is 12.8 Å². The molecule has 0 unspecified atom stereocenters. The van der Waals surface area contributed by atoms with Gasteiger partial charge in [0.25, 0.3) is 0 Å². The monoisotopic (exact) mass is 367 g/mol. The lowest BCUT2D eigenvalue weighted by atomic mass is 10.2. The minimum absolute atomic E-state index is 0.597. The van der Waals surface area contributed by atoms with Crippen LogP contribution in [0, 0.1) is 0 Å². The Labute approximate surface area is 143 Å². The van der Waals surface area contributed by atoms with Gasteiger partial charge in [-0.3, -0.25) is 4.99 Å². The van der Waals surface area contributed by atoms with Gasteiger partial charge in [0, 0.05) is 61.5 Å². The lowest BCUT2D eigenvalue weighted by Crippen LogP contribution is -2.42. The molecule has 0 atom stereocenters. The second-order valence-electron chi connectivity index (χ2n) is 5.05. The predicted molar refractivity (Wildman–Crippen MR) is 95.0 cm³/mol. The zero-order valence-corrected chi connectivity index (χ0v) is 17.4. The van der Waals surface area contributed by atoms with Crippen LogP contribution in [0.25, 0.3) is 0 Å². The molecule has 0 heterocycles. The van der Waals surface area contributed by atoms with Crippen molar-refractivity contribution in [1.29, 1.82) is 0 Å². The first kappa shape index (κ1) is 22.9. The van der Waals surface area contributed by atoms with Crippen molar-refractivity contribution >= 4 is 23.8 Å². The molecule has 0 spiro atoms. The topological polar surface area (TPSA) is 67.7 Å². The average Bonchev–Trinajstić information content (AvgIpc) is 2.61. The van der Waals surface area contributed by atoms with Crippen molar-refractivity contribution in [2.24, 2.45) is 4.99 Å². The summed E-state index contributed by atoms with van der Waals surface area (Å²) in [7, 11) is 4.86. The number of nitrogens with zero attached hydrogens (tertiary/aromatic N) is 1. The van der Waals surface area contributed by atoms with Gasteiger partial charge in [-0.1, -0.05) is 12.8 Å². The van der Waals surface area contributed by atoms with Gasteiger partial charge in [0.05, 0.1) is 6.04 Å². The molecule has 0 aliphatic rings. The van der Waals surface area contributed by atoms with Gasteiger partial charge in [-0.25, -0.2) is 0 Å². The molecule has 0 saturated carbocycles. The molecule has 0 radical (unpaired) electrons. The highest BCUT2D eigenvalue weighted by Crippen LogP contribution is 2.17. The van der Waals surface area contributed by atoms with Crippen LogP contribution in [0.1, 0.15) is 25.7 Å². The standard InChI is InChI=1S/C14H33NO6Si2/c1-16-22(17-2,18-3)13-10-8-7-9-11-15-12-14-23(19-4,20-5)21-6/h12H,7-11,13-14H2,1-6H3. The molecule has 138 valence electrons. The second-order valence-corrected chi connectivity index (χ2v) is 11.1. The van der Waals surface area contributed by atoms with E-state index in [-0.39, 0.29) is 0 Å². The first-order valence-electron chi connectivity index (χ1n) is 7.86. The zero-order chi connectivity index (χ0) is 17.6. The van der Waals surface area contributed by atoms with Gasteiger partial charge in [0.2, 0.25) is 0 Å². The summed E-state index contributed by atoms with van der Waals surface area (Å²) in [5, 5.41) is 0. The predicted octanol–water partition coefficient (Wildman–Crippen LogP) is 2.37. The quantitative estimate of drug-likeness (QED) is 0.251. The molecule has 0 saturated heterocycles. The van der Waals surface area contributed by atoms with E-state index in [1.807, 2.05) is 6.21 Å². The van der Waals surface area contributed by atoms with E-state index in [0.29, 0.717) is 6.04 Å². The highest BCUT2D eigenvalue weighted by molar-refractivity contribution is 6.63. The van der Waals surface area contributed by atoms with Crippen molar-refractivity contribution in [3.63, 3.8) is 0 Å². The summed E-state index contributed by atoms with van der Waals surface area (Å²) < 4.78 is 32.2. The molecule has 0 aromatic heterocycles. The molecule has 0 fully saturated rings.